The Bertz CT molecular complexity index is 1780. The summed E-state index contributed by atoms with van der Waals surface area (Å²) in [5.41, 5.74) is 4.26. The molecule has 150 valence electrons. The van der Waals surface area contributed by atoms with Crippen molar-refractivity contribution < 1.29 is 4.42 Å². The molecule has 0 spiro atoms. The normalized spacial score (nSPS) is 11.9. The van der Waals surface area contributed by atoms with E-state index in [0.717, 1.165) is 26.4 Å². The first-order valence-electron chi connectivity index (χ1n) is 10.7. The van der Waals surface area contributed by atoms with Gasteiger partial charge < -0.3 is 4.42 Å². The topological polar surface area (TPSA) is 13.1 Å². The lowest BCUT2D eigenvalue weighted by molar-refractivity contribution is 0.669. The molecule has 32 heavy (non-hydrogen) atoms. The van der Waals surface area contributed by atoms with Gasteiger partial charge in [0.25, 0.3) is 0 Å². The Morgan fingerprint density at radius 2 is 1.03 bits per heavy atom. The number of fused-ring (bicyclic) bond motifs is 6. The maximum absolute atomic E-state index is 6.36. The van der Waals surface area contributed by atoms with Gasteiger partial charge in [0.15, 0.2) is 0 Å². The maximum Gasteiger partial charge on any atom is 0.136 e. The molecule has 1 nitrogen and oxygen atoms in total. The van der Waals surface area contributed by atoms with Crippen molar-refractivity contribution >= 4 is 70.2 Å². The molecule has 1 aromatic heterocycles. The standard InChI is InChI=1S/C30H17BrO/c31-30-24-11-5-3-9-22(24)29(23-10-4-6-12-25(23)30)20-13-14-21-26-15-18-7-1-2-8-19(18)16-28(26)32-27(21)17-20/h1-17H. The van der Waals surface area contributed by atoms with E-state index in [4.69, 9.17) is 4.42 Å². The molecule has 0 bridgehead atoms. The summed E-state index contributed by atoms with van der Waals surface area (Å²) in [5, 5.41) is 9.66. The van der Waals surface area contributed by atoms with Crippen molar-refractivity contribution in [1.82, 2.24) is 0 Å². The second-order valence-electron chi connectivity index (χ2n) is 8.29. The van der Waals surface area contributed by atoms with E-state index in [9.17, 15) is 0 Å². The highest BCUT2D eigenvalue weighted by atomic mass is 79.9. The van der Waals surface area contributed by atoms with Crippen molar-refractivity contribution in [3.8, 4) is 11.1 Å². The van der Waals surface area contributed by atoms with Crippen LogP contribution in [0.4, 0.5) is 0 Å². The van der Waals surface area contributed by atoms with Crippen LogP contribution in [0.1, 0.15) is 0 Å². The van der Waals surface area contributed by atoms with Gasteiger partial charge in [-0.2, -0.15) is 0 Å². The van der Waals surface area contributed by atoms with E-state index >= 15 is 0 Å². The molecule has 0 aliphatic heterocycles. The summed E-state index contributed by atoms with van der Waals surface area (Å²) in [6.07, 6.45) is 0. The Morgan fingerprint density at radius 3 is 1.72 bits per heavy atom. The number of benzene rings is 6. The second kappa shape index (κ2) is 6.69. The minimum atomic E-state index is 0.920. The highest BCUT2D eigenvalue weighted by Gasteiger charge is 2.15. The molecular weight excluding hydrogens is 456 g/mol. The lowest BCUT2D eigenvalue weighted by atomic mass is 9.91. The average molecular weight is 473 g/mol. The minimum absolute atomic E-state index is 0.920. The van der Waals surface area contributed by atoms with Gasteiger partial charge in [0.2, 0.25) is 0 Å². The summed E-state index contributed by atoms with van der Waals surface area (Å²) in [7, 11) is 0. The van der Waals surface area contributed by atoms with Crippen molar-refractivity contribution in [3.63, 3.8) is 0 Å². The van der Waals surface area contributed by atoms with Gasteiger partial charge in [-0.15, -0.1) is 0 Å². The van der Waals surface area contributed by atoms with Gasteiger partial charge >= 0.3 is 0 Å². The molecule has 0 fully saturated rings. The minimum Gasteiger partial charge on any atom is -0.456 e. The lowest BCUT2D eigenvalue weighted by Crippen LogP contribution is -1.87. The fraction of sp³-hybridized carbons (Fsp3) is 0. The van der Waals surface area contributed by atoms with Crippen LogP contribution >= 0.6 is 15.9 Å². The first-order valence-corrected chi connectivity index (χ1v) is 11.5. The van der Waals surface area contributed by atoms with Crippen molar-refractivity contribution in [3.05, 3.63) is 108 Å². The molecule has 1 heterocycles. The van der Waals surface area contributed by atoms with Crippen LogP contribution in [0.15, 0.2) is 112 Å². The van der Waals surface area contributed by atoms with Gasteiger partial charge in [0, 0.05) is 15.2 Å². The fourth-order valence-electron chi connectivity index (χ4n) is 5.00. The molecule has 7 aromatic rings. The van der Waals surface area contributed by atoms with E-state index in [1.807, 2.05) is 0 Å². The highest BCUT2D eigenvalue weighted by molar-refractivity contribution is 9.10. The molecule has 0 saturated heterocycles. The van der Waals surface area contributed by atoms with E-state index in [1.54, 1.807) is 0 Å². The van der Waals surface area contributed by atoms with Crippen LogP contribution in [0.3, 0.4) is 0 Å². The summed E-state index contributed by atoms with van der Waals surface area (Å²) >= 11 is 3.85. The number of halogens is 1. The molecule has 6 aromatic carbocycles. The van der Waals surface area contributed by atoms with Crippen LogP contribution in [0.25, 0.3) is 65.4 Å². The Kier molecular flexibility index (Phi) is 3.76. The molecule has 7 rings (SSSR count). The van der Waals surface area contributed by atoms with E-state index in [-0.39, 0.29) is 0 Å². The van der Waals surface area contributed by atoms with E-state index in [1.165, 1.54) is 43.4 Å². The van der Waals surface area contributed by atoms with E-state index in [0.29, 0.717) is 0 Å². The lowest BCUT2D eigenvalue weighted by Gasteiger charge is -2.14. The summed E-state index contributed by atoms with van der Waals surface area (Å²) in [4.78, 5) is 0. The van der Waals surface area contributed by atoms with Gasteiger partial charge in [-0.05, 0) is 83.6 Å². The zero-order valence-electron chi connectivity index (χ0n) is 17.1. The van der Waals surface area contributed by atoms with Crippen LogP contribution in [0, 0.1) is 0 Å². The van der Waals surface area contributed by atoms with E-state index < -0.39 is 0 Å². The van der Waals surface area contributed by atoms with Gasteiger partial charge in [-0.1, -0.05) is 78.9 Å². The molecule has 0 atom stereocenters. The van der Waals surface area contributed by atoms with E-state index in [2.05, 4.69) is 119 Å². The molecule has 0 radical (unpaired) electrons. The molecule has 0 N–H and O–H groups in total. The zero-order chi connectivity index (χ0) is 21.2. The smallest absolute Gasteiger partial charge is 0.136 e. The molecule has 2 heteroatoms. The van der Waals surface area contributed by atoms with Gasteiger partial charge in [0.1, 0.15) is 11.2 Å². The van der Waals surface area contributed by atoms with Gasteiger partial charge in [0.05, 0.1) is 0 Å². The van der Waals surface area contributed by atoms with Gasteiger partial charge in [-0.25, -0.2) is 0 Å². The highest BCUT2D eigenvalue weighted by Crippen LogP contribution is 2.43. The first-order chi connectivity index (χ1) is 15.8. The van der Waals surface area contributed by atoms with Crippen LogP contribution in [-0.2, 0) is 0 Å². The third-order valence-corrected chi connectivity index (χ3v) is 7.35. The molecule has 0 saturated carbocycles. The van der Waals surface area contributed by atoms with Crippen molar-refractivity contribution in [2.75, 3.05) is 0 Å². The number of furan rings is 1. The van der Waals surface area contributed by atoms with Gasteiger partial charge in [-0.3, -0.25) is 0 Å². The summed E-state index contributed by atoms with van der Waals surface area (Å²) < 4.78 is 7.50. The Morgan fingerprint density at radius 1 is 0.469 bits per heavy atom. The number of hydrogen-bond donors (Lipinski definition) is 0. The SMILES string of the molecule is Brc1c2ccccc2c(-c2ccc3c(c2)oc2cc4ccccc4cc23)c2ccccc12. The largest absolute Gasteiger partial charge is 0.456 e. The Hall–Kier alpha value is -3.62. The molecule has 0 aliphatic rings. The fourth-order valence-corrected chi connectivity index (χ4v) is 5.70. The first kappa shape index (κ1) is 18.0. The Balaban J connectivity index is 1.57. The van der Waals surface area contributed by atoms with Crippen LogP contribution in [0.5, 0.6) is 0 Å². The monoisotopic (exact) mass is 472 g/mol. The second-order valence-corrected chi connectivity index (χ2v) is 9.08. The molecular formula is C30H17BrO. The molecule has 0 unspecified atom stereocenters. The summed E-state index contributed by atoms with van der Waals surface area (Å²) in [6, 6.07) is 36.6. The van der Waals surface area contributed by atoms with Crippen molar-refractivity contribution in [2.45, 2.75) is 0 Å². The summed E-state index contributed by atoms with van der Waals surface area (Å²) in [5.74, 6) is 0. The zero-order valence-corrected chi connectivity index (χ0v) is 18.7. The summed E-state index contributed by atoms with van der Waals surface area (Å²) in [6.45, 7) is 0. The predicted molar refractivity (Wildman–Crippen MR) is 139 cm³/mol. The van der Waals surface area contributed by atoms with Crippen LogP contribution in [-0.4, -0.2) is 0 Å². The average Bonchev–Trinajstić information content (AvgIpc) is 3.19. The Labute approximate surface area is 193 Å². The van der Waals surface area contributed by atoms with Crippen molar-refractivity contribution in [2.24, 2.45) is 0 Å². The van der Waals surface area contributed by atoms with Crippen LogP contribution in [0.2, 0.25) is 0 Å². The predicted octanol–water partition coefficient (Wildman–Crippen LogP) is 9.48. The van der Waals surface area contributed by atoms with Crippen molar-refractivity contribution in [1.29, 1.82) is 0 Å². The maximum atomic E-state index is 6.36. The number of hydrogen-bond acceptors (Lipinski definition) is 1. The number of rotatable bonds is 1. The third-order valence-electron chi connectivity index (χ3n) is 6.49. The third kappa shape index (κ3) is 2.50. The quantitative estimate of drug-likeness (QED) is 0.217. The molecule has 0 amide bonds. The van der Waals surface area contributed by atoms with Crippen LogP contribution < -0.4 is 0 Å². The molecule has 0 aliphatic carbocycles.